The summed E-state index contributed by atoms with van der Waals surface area (Å²) in [5.41, 5.74) is 1.46. The molecule has 0 aliphatic carbocycles. The predicted molar refractivity (Wildman–Crippen MR) is 104 cm³/mol. The van der Waals surface area contributed by atoms with Gasteiger partial charge in [-0.05, 0) is 37.1 Å². The average molecular weight is 368 g/mol. The highest BCUT2D eigenvalue weighted by atomic mass is 32.2. The highest BCUT2D eigenvalue weighted by Gasteiger charge is 2.28. The number of nitrogens with one attached hydrogen (secondary N) is 2. The Hall–Kier alpha value is -2.54. The predicted octanol–water partition coefficient (Wildman–Crippen LogP) is 3.12. The summed E-state index contributed by atoms with van der Waals surface area (Å²) in [5, 5.41) is 5.27. The first-order valence-electron chi connectivity index (χ1n) is 8.76. The van der Waals surface area contributed by atoms with E-state index in [1.54, 1.807) is 6.20 Å². The molecule has 1 atom stereocenters. The Kier molecular flexibility index (Phi) is 4.79. The summed E-state index contributed by atoms with van der Waals surface area (Å²) in [6.45, 7) is 2.07. The summed E-state index contributed by atoms with van der Waals surface area (Å²) < 4.78 is 0. The minimum absolute atomic E-state index is 0.124. The van der Waals surface area contributed by atoms with Gasteiger partial charge in [0.15, 0.2) is 0 Å². The molecule has 134 valence electrons. The van der Waals surface area contributed by atoms with Crippen molar-refractivity contribution in [3.8, 4) is 0 Å². The molecule has 0 bridgehead atoms. The van der Waals surface area contributed by atoms with Crippen LogP contribution in [0.1, 0.15) is 19.3 Å². The number of aromatic nitrogens is 1. The summed E-state index contributed by atoms with van der Waals surface area (Å²) in [7, 11) is 0. The standard InChI is InChI=1S/C19H20N4O2S/c24-18(11-16-19(25)22-14-5-1-2-6-15(14)26-16)21-13-7-8-17(20-12-13)23-9-3-4-10-23/h1-2,5-8,12,16H,3-4,9-11H2,(H,21,24)(H,22,25)/t16-/m1/s1. The molecule has 3 heterocycles. The maximum absolute atomic E-state index is 12.3. The number of anilines is 3. The number of pyridine rings is 1. The Labute approximate surface area is 156 Å². The lowest BCUT2D eigenvalue weighted by molar-refractivity contribution is -0.120. The zero-order valence-corrected chi connectivity index (χ0v) is 15.1. The van der Waals surface area contributed by atoms with Crippen LogP contribution in [-0.2, 0) is 9.59 Å². The van der Waals surface area contributed by atoms with Crippen LogP contribution in [0.15, 0.2) is 47.5 Å². The van der Waals surface area contributed by atoms with E-state index in [0.29, 0.717) is 5.69 Å². The molecule has 0 spiro atoms. The number of rotatable bonds is 4. The number of carbonyl (C=O) groups excluding carboxylic acids is 2. The maximum Gasteiger partial charge on any atom is 0.238 e. The average Bonchev–Trinajstić information content (AvgIpc) is 3.17. The molecular weight excluding hydrogens is 348 g/mol. The molecular formula is C19H20N4O2S. The van der Waals surface area contributed by atoms with E-state index in [4.69, 9.17) is 0 Å². The lowest BCUT2D eigenvalue weighted by Gasteiger charge is -2.23. The number of benzene rings is 1. The van der Waals surface area contributed by atoms with Crippen LogP contribution in [0.5, 0.6) is 0 Å². The lowest BCUT2D eigenvalue weighted by Crippen LogP contribution is -2.32. The fraction of sp³-hybridized carbons (Fsp3) is 0.316. The highest BCUT2D eigenvalue weighted by Crippen LogP contribution is 2.36. The monoisotopic (exact) mass is 368 g/mol. The van der Waals surface area contributed by atoms with Crippen LogP contribution in [-0.4, -0.2) is 35.1 Å². The Bertz CT molecular complexity index is 819. The third kappa shape index (κ3) is 3.67. The van der Waals surface area contributed by atoms with E-state index in [9.17, 15) is 9.59 Å². The number of hydrogen-bond acceptors (Lipinski definition) is 5. The topological polar surface area (TPSA) is 74.3 Å². The molecule has 0 radical (unpaired) electrons. The van der Waals surface area contributed by atoms with Gasteiger partial charge in [-0.3, -0.25) is 9.59 Å². The number of thioether (sulfide) groups is 1. The number of amides is 2. The smallest absolute Gasteiger partial charge is 0.238 e. The second kappa shape index (κ2) is 7.37. The number of fused-ring (bicyclic) bond motifs is 1. The van der Waals surface area contributed by atoms with Crippen molar-refractivity contribution < 1.29 is 9.59 Å². The minimum Gasteiger partial charge on any atom is -0.357 e. The van der Waals surface area contributed by atoms with E-state index in [-0.39, 0.29) is 18.2 Å². The first-order chi connectivity index (χ1) is 12.7. The summed E-state index contributed by atoms with van der Waals surface area (Å²) in [5.74, 6) is 0.624. The molecule has 2 aromatic rings. The third-order valence-corrected chi connectivity index (χ3v) is 5.81. The van der Waals surface area contributed by atoms with Gasteiger partial charge in [-0.25, -0.2) is 4.98 Å². The molecule has 2 aliphatic rings. The van der Waals surface area contributed by atoms with Gasteiger partial charge in [0.2, 0.25) is 11.8 Å². The molecule has 26 heavy (non-hydrogen) atoms. The van der Waals surface area contributed by atoms with Gasteiger partial charge in [0.05, 0.1) is 22.8 Å². The summed E-state index contributed by atoms with van der Waals surface area (Å²) in [6, 6.07) is 11.4. The minimum atomic E-state index is -0.429. The van der Waals surface area contributed by atoms with Gasteiger partial charge < -0.3 is 15.5 Å². The summed E-state index contributed by atoms with van der Waals surface area (Å²) >= 11 is 1.43. The van der Waals surface area contributed by atoms with Crippen LogP contribution < -0.4 is 15.5 Å². The summed E-state index contributed by atoms with van der Waals surface area (Å²) in [6.07, 6.45) is 4.20. The molecule has 1 aromatic heterocycles. The molecule has 7 heteroatoms. The Morgan fingerprint density at radius 3 is 2.81 bits per heavy atom. The van der Waals surface area contributed by atoms with E-state index in [1.807, 2.05) is 36.4 Å². The normalized spacial score (nSPS) is 19.0. The van der Waals surface area contributed by atoms with Gasteiger partial charge in [-0.2, -0.15) is 0 Å². The third-order valence-electron chi connectivity index (χ3n) is 4.54. The van der Waals surface area contributed by atoms with Crippen LogP contribution in [0.3, 0.4) is 0 Å². The van der Waals surface area contributed by atoms with Gasteiger partial charge >= 0.3 is 0 Å². The zero-order chi connectivity index (χ0) is 17.9. The van der Waals surface area contributed by atoms with Crippen molar-refractivity contribution in [1.29, 1.82) is 0 Å². The maximum atomic E-state index is 12.3. The van der Waals surface area contributed by atoms with Crippen molar-refractivity contribution in [3.05, 3.63) is 42.6 Å². The molecule has 2 aliphatic heterocycles. The highest BCUT2D eigenvalue weighted by molar-refractivity contribution is 8.01. The zero-order valence-electron chi connectivity index (χ0n) is 14.3. The molecule has 2 N–H and O–H groups in total. The van der Waals surface area contributed by atoms with Crippen molar-refractivity contribution in [3.63, 3.8) is 0 Å². The first kappa shape index (κ1) is 16.9. The van der Waals surface area contributed by atoms with Gasteiger partial charge in [-0.15, -0.1) is 11.8 Å². The van der Waals surface area contributed by atoms with Gasteiger partial charge in [0.1, 0.15) is 5.82 Å². The fourth-order valence-electron chi connectivity index (χ4n) is 3.20. The van der Waals surface area contributed by atoms with Crippen molar-refractivity contribution in [2.45, 2.75) is 29.4 Å². The van der Waals surface area contributed by atoms with E-state index >= 15 is 0 Å². The SMILES string of the molecule is O=C(C[C@H]1Sc2ccccc2NC1=O)Nc1ccc(N2CCCC2)nc1. The number of nitrogens with zero attached hydrogens (tertiary/aromatic N) is 2. The van der Waals surface area contributed by atoms with Gasteiger partial charge in [0, 0.05) is 24.4 Å². The molecule has 0 saturated carbocycles. The number of para-hydroxylation sites is 1. The van der Waals surface area contributed by atoms with E-state index < -0.39 is 5.25 Å². The molecule has 6 nitrogen and oxygen atoms in total. The van der Waals surface area contributed by atoms with Crippen LogP contribution in [0.4, 0.5) is 17.2 Å². The molecule has 2 amide bonds. The Morgan fingerprint density at radius 1 is 1.23 bits per heavy atom. The fourth-order valence-corrected chi connectivity index (χ4v) is 4.31. The van der Waals surface area contributed by atoms with Crippen molar-refractivity contribution >= 4 is 40.8 Å². The molecule has 1 saturated heterocycles. The van der Waals surface area contributed by atoms with Crippen molar-refractivity contribution in [2.75, 3.05) is 28.6 Å². The molecule has 1 fully saturated rings. The molecule has 0 unspecified atom stereocenters. The number of carbonyl (C=O) groups is 2. The van der Waals surface area contributed by atoms with Crippen molar-refractivity contribution in [1.82, 2.24) is 4.98 Å². The Morgan fingerprint density at radius 2 is 2.04 bits per heavy atom. The van der Waals surface area contributed by atoms with Crippen LogP contribution >= 0.6 is 11.8 Å². The second-order valence-corrected chi connectivity index (χ2v) is 7.69. The van der Waals surface area contributed by atoms with Crippen LogP contribution in [0.25, 0.3) is 0 Å². The molecule has 1 aromatic carbocycles. The number of hydrogen-bond donors (Lipinski definition) is 2. The summed E-state index contributed by atoms with van der Waals surface area (Å²) in [4.78, 5) is 32.2. The van der Waals surface area contributed by atoms with Crippen molar-refractivity contribution in [2.24, 2.45) is 0 Å². The lowest BCUT2D eigenvalue weighted by atomic mass is 10.2. The quantitative estimate of drug-likeness (QED) is 0.867. The largest absolute Gasteiger partial charge is 0.357 e. The van der Waals surface area contributed by atoms with E-state index in [0.717, 1.165) is 29.5 Å². The van der Waals surface area contributed by atoms with Crippen LogP contribution in [0, 0.1) is 0 Å². The first-order valence-corrected chi connectivity index (χ1v) is 9.64. The molecule has 4 rings (SSSR count). The van der Waals surface area contributed by atoms with Gasteiger partial charge in [-0.1, -0.05) is 12.1 Å². The Balaban J connectivity index is 1.36. The van der Waals surface area contributed by atoms with Crippen LogP contribution in [0.2, 0.25) is 0 Å². The van der Waals surface area contributed by atoms with E-state index in [1.165, 1.54) is 24.6 Å². The van der Waals surface area contributed by atoms with Gasteiger partial charge in [0.25, 0.3) is 0 Å². The second-order valence-electron chi connectivity index (χ2n) is 6.44. The van der Waals surface area contributed by atoms with E-state index in [2.05, 4.69) is 20.5 Å².